The number of halogens is 3. The first kappa shape index (κ1) is 24.2. The van der Waals surface area contributed by atoms with Crippen LogP contribution in [0.5, 0.6) is 0 Å². The molecule has 2 aromatic rings. The number of hydrogen-bond acceptors (Lipinski definition) is 5. The van der Waals surface area contributed by atoms with Gasteiger partial charge in [0.1, 0.15) is 0 Å². The molecule has 1 saturated heterocycles. The Morgan fingerprint density at radius 1 is 1.12 bits per heavy atom. The number of benzene rings is 1. The smallest absolute Gasteiger partial charge is 0.322 e. The van der Waals surface area contributed by atoms with Gasteiger partial charge in [-0.3, -0.25) is 14.4 Å². The van der Waals surface area contributed by atoms with E-state index in [2.05, 4.69) is 10.4 Å². The number of sulfonamides is 1. The van der Waals surface area contributed by atoms with Gasteiger partial charge in [0.2, 0.25) is 15.9 Å². The minimum Gasteiger partial charge on any atom is -0.322 e. The number of carbonyl (C=O) groups excluding carboxylic acids is 1. The third kappa shape index (κ3) is 4.66. The van der Waals surface area contributed by atoms with Crippen LogP contribution in [0, 0.1) is 13.8 Å². The second-order valence-corrected chi connectivity index (χ2v) is 9.67. The zero-order chi connectivity index (χ0) is 23.8. The standard InChI is InChI=1S/C20H26F3N5O3S/c1-13-18(14(2)26(4)25-13)24-19(29)15(3)27-9-11-28(12-10-27)32(30,31)17-8-6-5-7-16(17)20(21,22)23/h5-8,15H,9-12H2,1-4H3,(H,24,29). The van der Waals surface area contributed by atoms with E-state index in [-0.39, 0.29) is 32.1 Å². The van der Waals surface area contributed by atoms with E-state index in [0.29, 0.717) is 11.4 Å². The van der Waals surface area contributed by atoms with Gasteiger partial charge in [-0.1, -0.05) is 12.1 Å². The van der Waals surface area contributed by atoms with Gasteiger partial charge in [-0.05, 0) is 32.9 Å². The predicted octanol–water partition coefficient (Wildman–Crippen LogP) is 2.39. The van der Waals surface area contributed by atoms with Gasteiger partial charge < -0.3 is 5.32 Å². The third-order valence-corrected chi connectivity index (χ3v) is 7.72. The Balaban J connectivity index is 1.69. The summed E-state index contributed by atoms with van der Waals surface area (Å²) in [5.41, 5.74) is 0.943. The second-order valence-electron chi connectivity index (χ2n) is 7.77. The largest absolute Gasteiger partial charge is 0.417 e. The van der Waals surface area contributed by atoms with Crippen molar-refractivity contribution in [2.24, 2.45) is 7.05 Å². The summed E-state index contributed by atoms with van der Waals surface area (Å²) in [7, 11) is -2.55. The molecule has 1 N–H and O–H groups in total. The molecule has 1 unspecified atom stereocenters. The Kier molecular flexibility index (Phi) is 6.68. The van der Waals surface area contributed by atoms with Gasteiger partial charge in [-0.25, -0.2) is 8.42 Å². The average Bonchev–Trinajstić information content (AvgIpc) is 2.98. The molecule has 1 amide bonds. The Bertz CT molecular complexity index is 1110. The van der Waals surface area contributed by atoms with Crippen molar-refractivity contribution in [1.82, 2.24) is 19.0 Å². The van der Waals surface area contributed by atoms with E-state index in [4.69, 9.17) is 0 Å². The number of aromatic nitrogens is 2. The molecule has 1 aliphatic heterocycles. The molecule has 2 heterocycles. The quantitative estimate of drug-likeness (QED) is 0.721. The molecular formula is C20H26F3N5O3S. The van der Waals surface area contributed by atoms with Crippen molar-refractivity contribution < 1.29 is 26.4 Å². The van der Waals surface area contributed by atoms with Gasteiger partial charge in [0.25, 0.3) is 0 Å². The fraction of sp³-hybridized carbons (Fsp3) is 0.500. The molecule has 1 aliphatic rings. The molecule has 8 nitrogen and oxygen atoms in total. The van der Waals surface area contributed by atoms with E-state index >= 15 is 0 Å². The lowest BCUT2D eigenvalue weighted by atomic mass is 10.2. The minimum absolute atomic E-state index is 0.0168. The van der Waals surface area contributed by atoms with Crippen molar-refractivity contribution in [2.45, 2.75) is 37.9 Å². The number of rotatable bonds is 5. The van der Waals surface area contributed by atoms with Gasteiger partial charge in [-0.15, -0.1) is 0 Å². The average molecular weight is 474 g/mol. The lowest BCUT2D eigenvalue weighted by Crippen LogP contribution is -2.54. The Morgan fingerprint density at radius 2 is 1.72 bits per heavy atom. The molecule has 0 aliphatic carbocycles. The second kappa shape index (κ2) is 8.83. The highest BCUT2D eigenvalue weighted by atomic mass is 32.2. The Labute approximate surface area is 185 Å². The predicted molar refractivity (Wildman–Crippen MR) is 113 cm³/mol. The van der Waals surface area contributed by atoms with E-state index in [1.165, 1.54) is 6.07 Å². The summed E-state index contributed by atoms with van der Waals surface area (Å²) in [6.07, 6.45) is -4.78. The van der Waals surface area contributed by atoms with Crippen molar-refractivity contribution in [3.8, 4) is 0 Å². The van der Waals surface area contributed by atoms with Crippen molar-refractivity contribution in [3.63, 3.8) is 0 Å². The normalized spacial score (nSPS) is 17.3. The molecule has 0 bridgehead atoms. The summed E-state index contributed by atoms with van der Waals surface area (Å²) < 4.78 is 68.4. The molecule has 0 spiro atoms. The molecule has 1 fully saturated rings. The van der Waals surface area contributed by atoms with Gasteiger partial charge >= 0.3 is 6.18 Å². The summed E-state index contributed by atoms with van der Waals surface area (Å²) in [6.45, 7) is 5.73. The van der Waals surface area contributed by atoms with Gasteiger partial charge in [-0.2, -0.15) is 22.6 Å². The highest BCUT2D eigenvalue weighted by Crippen LogP contribution is 2.35. The number of nitrogens with zero attached hydrogens (tertiary/aromatic N) is 4. The molecule has 0 saturated carbocycles. The molecule has 1 aromatic carbocycles. The molecule has 1 aromatic heterocycles. The first-order valence-electron chi connectivity index (χ1n) is 10.1. The van der Waals surface area contributed by atoms with E-state index in [1.54, 1.807) is 30.5 Å². The number of hydrogen-bond donors (Lipinski definition) is 1. The van der Waals surface area contributed by atoms with Crippen LogP contribution in [0.1, 0.15) is 23.9 Å². The highest BCUT2D eigenvalue weighted by molar-refractivity contribution is 7.89. The maximum Gasteiger partial charge on any atom is 0.417 e. The lowest BCUT2D eigenvalue weighted by Gasteiger charge is -2.37. The van der Waals surface area contributed by atoms with Crippen LogP contribution in [0.3, 0.4) is 0 Å². The van der Waals surface area contributed by atoms with Crippen LogP contribution in [0.2, 0.25) is 0 Å². The fourth-order valence-corrected chi connectivity index (χ4v) is 5.38. The zero-order valence-electron chi connectivity index (χ0n) is 18.3. The summed E-state index contributed by atoms with van der Waals surface area (Å²) in [4.78, 5) is 13.8. The summed E-state index contributed by atoms with van der Waals surface area (Å²) in [5.74, 6) is -0.261. The third-order valence-electron chi connectivity index (χ3n) is 5.77. The summed E-state index contributed by atoms with van der Waals surface area (Å²) in [5, 5.41) is 7.13. The summed E-state index contributed by atoms with van der Waals surface area (Å²) >= 11 is 0. The van der Waals surface area contributed by atoms with Gasteiger partial charge in [0, 0.05) is 33.2 Å². The van der Waals surface area contributed by atoms with Crippen molar-refractivity contribution in [2.75, 3.05) is 31.5 Å². The van der Waals surface area contributed by atoms with E-state index in [0.717, 1.165) is 28.2 Å². The van der Waals surface area contributed by atoms with Crippen LogP contribution in [0.25, 0.3) is 0 Å². The first-order chi connectivity index (χ1) is 14.8. The van der Waals surface area contributed by atoms with Crippen LogP contribution in [-0.2, 0) is 28.0 Å². The van der Waals surface area contributed by atoms with Crippen molar-refractivity contribution in [1.29, 1.82) is 0 Å². The maximum absolute atomic E-state index is 13.3. The van der Waals surface area contributed by atoms with Crippen LogP contribution in [-0.4, -0.2) is 65.5 Å². The Morgan fingerprint density at radius 3 is 2.25 bits per heavy atom. The molecule has 0 radical (unpaired) electrons. The van der Waals surface area contributed by atoms with Crippen LogP contribution in [0.4, 0.5) is 18.9 Å². The Hall–Kier alpha value is -2.44. The maximum atomic E-state index is 13.3. The lowest BCUT2D eigenvalue weighted by molar-refractivity contribution is -0.140. The number of amides is 1. The summed E-state index contributed by atoms with van der Waals surface area (Å²) in [6, 6.07) is 3.61. The molecule has 3 rings (SSSR count). The first-order valence-corrected chi connectivity index (χ1v) is 11.5. The number of alkyl halides is 3. The number of aryl methyl sites for hydroxylation is 2. The molecule has 1 atom stereocenters. The van der Waals surface area contributed by atoms with Crippen LogP contribution >= 0.6 is 0 Å². The van der Waals surface area contributed by atoms with E-state index in [1.807, 2.05) is 6.92 Å². The minimum atomic E-state index is -4.78. The van der Waals surface area contributed by atoms with Gasteiger partial charge in [0.05, 0.1) is 33.6 Å². The van der Waals surface area contributed by atoms with Crippen molar-refractivity contribution in [3.05, 3.63) is 41.2 Å². The monoisotopic (exact) mass is 473 g/mol. The molecule has 12 heteroatoms. The number of piperazine rings is 1. The van der Waals surface area contributed by atoms with E-state index < -0.39 is 32.7 Å². The fourth-order valence-electron chi connectivity index (χ4n) is 3.74. The number of anilines is 1. The zero-order valence-corrected chi connectivity index (χ0v) is 19.1. The van der Waals surface area contributed by atoms with E-state index in [9.17, 15) is 26.4 Å². The van der Waals surface area contributed by atoms with Crippen LogP contribution < -0.4 is 5.32 Å². The highest BCUT2D eigenvalue weighted by Gasteiger charge is 2.40. The van der Waals surface area contributed by atoms with Crippen LogP contribution in [0.15, 0.2) is 29.2 Å². The van der Waals surface area contributed by atoms with Gasteiger partial charge in [0.15, 0.2) is 0 Å². The number of nitrogens with one attached hydrogen (secondary N) is 1. The van der Waals surface area contributed by atoms with Crippen molar-refractivity contribution >= 4 is 21.6 Å². The molecular weight excluding hydrogens is 447 g/mol. The molecule has 32 heavy (non-hydrogen) atoms. The molecule has 176 valence electrons. The topological polar surface area (TPSA) is 87.5 Å². The SMILES string of the molecule is Cc1nn(C)c(C)c1NC(=O)C(C)N1CCN(S(=O)(=O)c2ccccc2C(F)(F)F)CC1. The number of carbonyl (C=O) groups is 1.